The third-order valence-corrected chi connectivity index (χ3v) is 7.58. The van der Waals surface area contributed by atoms with E-state index >= 15 is 4.39 Å². The van der Waals surface area contributed by atoms with Crippen LogP contribution >= 0.6 is 7.75 Å². The summed E-state index contributed by atoms with van der Waals surface area (Å²) in [7, 11) is -4.33. The van der Waals surface area contributed by atoms with Crippen LogP contribution < -0.4 is 20.7 Å². The normalized spacial score (nSPS) is 25.5. The number of hydrogen-bond donors (Lipinski definition) is 5. The first-order chi connectivity index (χ1) is 18.3. The minimum absolute atomic E-state index is 0.00331. The minimum atomic E-state index is -4.33. The molecule has 1 fully saturated rings. The Morgan fingerprint density at radius 2 is 2.00 bits per heavy atom. The van der Waals surface area contributed by atoms with Crippen LogP contribution in [0.25, 0.3) is 11.2 Å². The number of para-hydroxylation sites is 1. The molecule has 0 amide bonds. The summed E-state index contributed by atoms with van der Waals surface area (Å²) >= 11 is 0. The fraction of sp³-hybridized carbons (Fsp3) is 0.478. The van der Waals surface area contributed by atoms with Gasteiger partial charge in [-0.25, -0.2) is 13.9 Å². The van der Waals surface area contributed by atoms with Crippen molar-refractivity contribution in [3.05, 3.63) is 36.7 Å². The quantitative estimate of drug-likeness (QED) is 0.212. The zero-order chi connectivity index (χ0) is 28.5. The van der Waals surface area contributed by atoms with E-state index < -0.39 is 50.5 Å². The number of hydrogen-bond acceptors (Lipinski definition) is 11. The maximum absolute atomic E-state index is 15.9. The Morgan fingerprint density at radius 3 is 2.64 bits per heavy atom. The Labute approximate surface area is 223 Å². The molecule has 2 aromatic heterocycles. The summed E-state index contributed by atoms with van der Waals surface area (Å²) in [5, 5.41) is 25.5. The average Bonchev–Trinajstić information content (AvgIpc) is 3.36. The number of nitrogens with two attached hydrogens (primary N) is 1. The Morgan fingerprint density at radius 1 is 1.31 bits per heavy atom. The molecule has 4 rings (SSSR count). The van der Waals surface area contributed by atoms with E-state index in [0.29, 0.717) is 11.3 Å². The standard InChI is InChI=1S/C23H31FN7O7P/c1-12(2)27-18-16-19(29-22(25)28-18)31(11-26-16)21-23(4,24)17(32)15(37-21)10-36-39(35,30-13(3)20(33)34)38-14-8-6-5-7-9-14/h5-9,11-13,15,17,21,32H,10H2,1-4H3,(H,30,35)(H,33,34)(H3,25,27,28,29)/t13-,15+,17+,21+,23+,39?/m0/s1. The van der Waals surface area contributed by atoms with Gasteiger partial charge in [-0.1, -0.05) is 18.2 Å². The molecule has 39 heavy (non-hydrogen) atoms. The van der Waals surface area contributed by atoms with Gasteiger partial charge in [-0.05, 0) is 39.8 Å². The molecule has 212 valence electrons. The Balaban J connectivity index is 1.58. The van der Waals surface area contributed by atoms with Gasteiger partial charge in [0.25, 0.3) is 0 Å². The van der Waals surface area contributed by atoms with Crippen LogP contribution in [0.1, 0.15) is 33.9 Å². The van der Waals surface area contributed by atoms with Crippen molar-refractivity contribution in [3.8, 4) is 5.75 Å². The fourth-order valence-electron chi connectivity index (χ4n) is 4.00. The molecular weight excluding hydrogens is 536 g/mol. The number of nitrogens with zero attached hydrogens (tertiary/aromatic N) is 4. The zero-order valence-corrected chi connectivity index (χ0v) is 22.6. The maximum atomic E-state index is 15.9. The number of nitrogens with one attached hydrogen (secondary N) is 2. The SMILES string of the molecule is CC(C)Nc1nc(N)nc2c1ncn2[C@@H]1O[C@H](COP(=O)(N[C@@H](C)C(=O)O)Oc2ccccc2)[C@@H](O)[C@@]1(C)F. The smallest absolute Gasteiger partial charge is 0.459 e. The van der Waals surface area contributed by atoms with Crippen molar-refractivity contribution >= 4 is 36.6 Å². The Kier molecular flexibility index (Phi) is 8.09. The second kappa shape index (κ2) is 11.0. The summed E-state index contributed by atoms with van der Waals surface area (Å²) < 4.78 is 47.4. The van der Waals surface area contributed by atoms with Gasteiger partial charge in [-0.15, -0.1) is 0 Å². The van der Waals surface area contributed by atoms with Gasteiger partial charge in [0.2, 0.25) is 5.95 Å². The van der Waals surface area contributed by atoms with Gasteiger partial charge in [-0.3, -0.25) is 13.9 Å². The summed E-state index contributed by atoms with van der Waals surface area (Å²) in [6, 6.07) is 6.63. The molecule has 1 aliphatic heterocycles. The monoisotopic (exact) mass is 567 g/mol. The van der Waals surface area contributed by atoms with Crippen molar-refractivity contribution in [2.24, 2.45) is 0 Å². The molecule has 1 saturated heterocycles. The van der Waals surface area contributed by atoms with E-state index in [0.717, 1.165) is 6.92 Å². The molecule has 14 nitrogen and oxygen atoms in total. The van der Waals surface area contributed by atoms with Gasteiger partial charge in [0.15, 0.2) is 28.9 Å². The van der Waals surface area contributed by atoms with Gasteiger partial charge in [0.05, 0.1) is 12.9 Å². The number of nitrogen functional groups attached to an aromatic ring is 1. The van der Waals surface area contributed by atoms with Crippen LogP contribution in [-0.4, -0.2) is 72.3 Å². The highest BCUT2D eigenvalue weighted by molar-refractivity contribution is 7.52. The molecule has 0 radical (unpaired) electrons. The largest absolute Gasteiger partial charge is 0.480 e. The number of carboxylic acid groups (broad SMARTS) is 1. The topological polar surface area (TPSA) is 196 Å². The summed E-state index contributed by atoms with van der Waals surface area (Å²) in [6.07, 6.45) is -3.20. The van der Waals surface area contributed by atoms with E-state index in [1.165, 1.54) is 30.0 Å². The van der Waals surface area contributed by atoms with Crippen molar-refractivity contribution in [2.75, 3.05) is 17.7 Å². The van der Waals surface area contributed by atoms with Gasteiger partial charge in [-0.2, -0.15) is 15.1 Å². The first-order valence-electron chi connectivity index (χ1n) is 12.1. The predicted molar refractivity (Wildman–Crippen MR) is 139 cm³/mol. The molecule has 16 heteroatoms. The molecule has 0 spiro atoms. The van der Waals surface area contributed by atoms with Crippen LogP contribution in [0.3, 0.4) is 0 Å². The number of halogens is 1. The van der Waals surface area contributed by atoms with Crippen molar-refractivity contribution in [3.63, 3.8) is 0 Å². The second-order valence-electron chi connectivity index (χ2n) is 9.56. The molecule has 1 aromatic carbocycles. The Hall–Kier alpha value is -3.36. The summed E-state index contributed by atoms with van der Waals surface area (Å²) in [5.74, 6) is -0.893. The highest BCUT2D eigenvalue weighted by atomic mass is 31.2. The molecule has 3 heterocycles. The maximum Gasteiger partial charge on any atom is 0.459 e. The third kappa shape index (κ3) is 6.12. The number of aromatic nitrogens is 4. The lowest BCUT2D eigenvalue weighted by atomic mass is 9.98. The molecule has 0 saturated carbocycles. The second-order valence-corrected chi connectivity index (χ2v) is 11.3. The van der Waals surface area contributed by atoms with E-state index in [9.17, 15) is 19.6 Å². The van der Waals surface area contributed by atoms with E-state index in [1.807, 2.05) is 13.8 Å². The predicted octanol–water partition coefficient (Wildman–Crippen LogP) is 2.48. The van der Waals surface area contributed by atoms with E-state index in [4.69, 9.17) is 19.5 Å². The number of fused-ring (bicyclic) bond motifs is 1. The van der Waals surface area contributed by atoms with Crippen LogP contribution in [-0.2, 0) is 18.6 Å². The van der Waals surface area contributed by atoms with Crippen LogP contribution in [0.2, 0.25) is 0 Å². The number of aliphatic hydroxyl groups is 1. The van der Waals surface area contributed by atoms with Crippen molar-refractivity contribution < 1.29 is 37.7 Å². The minimum Gasteiger partial charge on any atom is -0.480 e. The number of aliphatic hydroxyl groups excluding tert-OH is 1. The van der Waals surface area contributed by atoms with Gasteiger partial charge in [0, 0.05) is 6.04 Å². The van der Waals surface area contributed by atoms with Crippen LogP contribution in [0.4, 0.5) is 16.2 Å². The number of carbonyl (C=O) groups is 1. The number of aliphatic carboxylic acids is 1. The zero-order valence-electron chi connectivity index (χ0n) is 21.7. The number of rotatable bonds is 11. The summed E-state index contributed by atoms with van der Waals surface area (Å²) in [6.45, 7) is 5.57. The fourth-order valence-corrected chi connectivity index (χ4v) is 5.51. The molecule has 6 N–H and O–H groups in total. The highest BCUT2D eigenvalue weighted by Gasteiger charge is 2.56. The average molecular weight is 568 g/mol. The molecule has 0 bridgehead atoms. The van der Waals surface area contributed by atoms with Gasteiger partial charge >= 0.3 is 13.7 Å². The summed E-state index contributed by atoms with van der Waals surface area (Å²) in [5.41, 5.74) is 3.98. The third-order valence-electron chi connectivity index (χ3n) is 5.93. The number of carboxylic acids is 1. The van der Waals surface area contributed by atoms with Crippen molar-refractivity contribution in [1.29, 1.82) is 0 Å². The molecule has 6 atom stereocenters. The van der Waals surface area contributed by atoms with Crippen LogP contribution in [0.15, 0.2) is 36.7 Å². The Bertz CT molecular complexity index is 1370. The number of ether oxygens (including phenoxy) is 1. The number of anilines is 2. The molecule has 1 unspecified atom stereocenters. The lowest BCUT2D eigenvalue weighted by Crippen LogP contribution is -2.41. The van der Waals surface area contributed by atoms with Gasteiger partial charge < -0.3 is 30.5 Å². The lowest BCUT2D eigenvalue weighted by Gasteiger charge is -2.25. The number of benzene rings is 1. The van der Waals surface area contributed by atoms with E-state index in [-0.39, 0.29) is 23.4 Å². The lowest BCUT2D eigenvalue weighted by molar-refractivity contribution is -0.138. The van der Waals surface area contributed by atoms with E-state index in [2.05, 4.69) is 25.4 Å². The molecule has 3 aromatic rings. The first kappa shape index (κ1) is 28.6. The molecule has 1 aliphatic rings. The number of imidazole rings is 1. The van der Waals surface area contributed by atoms with Crippen LogP contribution in [0.5, 0.6) is 5.75 Å². The number of alkyl halides is 1. The van der Waals surface area contributed by atoms with Gasteiger partial charge in [0.1, 0.15) is 24.0 Å². The molecular formula is C23H31FN7O7P. The summed E-state index contributed by atoms with van der Waals surface area (Å²) in [4.78, 5) is 24.0. The van der Waals surface area contributed by atoms with Crippen LogP contribution in [0, 0.1) is 0 Å². The van der Waals surface area contributed by atoms with Crippen molar-refractivity contribution in [1.82, 2.24) is 24.6 Å². The van der Waals surface area contributed by atoms with Crippen molar-refractivity contribution in [2.45, 2.75) is 63.9 Å². The molecule has 0 aliphatic carbocycles. The first-order valence-corrected chi connectivity index (χ1v) is 13.6. The highest BCUT2D eigenvalue weighted by Crippen LogP contribution is 2.48. The van der Waals surface area contributed by atoms with E-state index in [1.54, 1.807) is 18.2 Å².